The Labute approximate surface area is 152 Å². The Morgan fingerprint density at radius 1 is 1.15 bits per heavy atom. The zero-order valence-electron chi connectivity index (χ0n) is 14.1. The third-order valence-electron chi connectivity index (χ3n) is 3.94. The number of hydrogen-bond acceptors (Lipinski definition) is 4. The molecule has 0 unspecified atom stereocenters. The fraction of sp³-hybridized carbons (Fsp3) is 0.150. The minimum absolute atomic E-state index is 0.0727. The summed E-state index contributed by atoms with van der Waals surface area (Å²) in [5, 5.41) is 18.6. The zero-order valence-corrected chi connectivity index (χ0v) is 14.9. The predicted octanol–water partition coefficient (Wildman–Crippen LogP) is 2.79. The molecular weight excluding hydrogens is 348 g/mol. The number of rotatable bonds is 3. The fourth-order valence-corrected chi connectivity index (χ4v) is 3.98. The minimum Gasteiger partial charge on any atom is -0.395 e. The minimum atomic E-state index is -3.80. The summed E-state index contributed by atoms with van der Waals surface area (Å²) in [7, 11) is -3.80. The molecular formula is C20H16N2O3S. The van der Waals surface area contributed by atoms with E-state index in [-0.39, 0.29) is 17.9 Å². The summed E-state index contributed by atoms with van der Waals surface area (Å²) in [6, 6.07) is 13.5. The number of benzene rings is 2. The first-order valence-corrected chi connectivity index (χ1v) is 9.38. The van der Waals surface area contributed by atoms with E-state index in [1.165, 1.54) is 10.2 Å². The van der Waals surface area contributed by atoms with Crippen molar-refractivity contribution >= 4 is 20.9 Å². The molecule has 2 aromatic carbocycles. The Morgan fingerprint density at radius 3 is 2.54 bits per heavy atom. The Kier molecular flexibility index (Phi) is 4.81. The number of aryl methyl sites for hydroxylation is 1. The molecule has 1 N–H and O–H groups in total. The molecule has 3 aromatic rings. The smallest absolute Gasteiger partial charge is 0.268 e. The van der Waals surface area contributed by atoms with Gasteiger partial charge in [0.25, 0.3) is 10.0 Å². The quantitative estimate of drug-likeness (QED) is 0.725. The van der Waals surface area contributed by atoms with Gasteiger partial charge in [0.2, 0.25) is 0 Å². The van der Waals surface area contributed by atoms with E-state index in [2.05, 4.69) is 17.9 Å². The van der Waals surface area contributed by atoms with Crippen LogP contribution in [0.2, 0.25) is 0 Å². The number of aliphatic hydroxyl groups is 1. The summed E-state index contributed by atoms with van der Waals surface area (Å²) in [6.45, 7) is 1.82. The zero-order chi connectivity index (χ0) is 18.7. The van der Waals surface area contributed by atoms with Crippen LogP contribution in [0.1, 0.15) is 23.1 Å². The Morgan fingerprint density at radius 2 is 1.88 bits per heavy atom. The molecule has 0 aliphatic rings. The van der Waals surface area contributed by atoms with Crippen LogP contribution >= 0.6 is 0 Å². The van der Waals surface area contributed by atoms with Crippen molar-refractivity contribution in [1.29, 1.82) is 5.26 Å². The molecule has 0 atom stereocenters. The second-order valence-electron chi connectivity index (χ2n) is 5.78. The molecule has 0 fully saturated rings. The molecule has 130 valence electrons. The lowest BCUT2D eigenvalue weighted by Gasteiger charge is -2.07. The number of aliphatic hydroxyl groups excluding tert-OH is 1. The van der Waals surface area contributed by atoms with Crippen molar-refractivity contribution < 1.29 is 13.5 Å². The molecule has 1 heterocycles. The second kappa shape index (κ2) is 7.05. The van der Waals surface area contributed by atoms with Crippen molar-refractivity contribution in [3.63, 3.8) is 0 Å². The predicted molar refractivity (Wildman–Crippen MR) is 99.0 cm³/mol. The average Bonchev–Trinajstić information content (AvgIpc) is 3.01. The maximum Gasteiger partial charge on any atom is 0.268 e. The summed E-state index contributed by atoms with van der Waals surface area (Å²) in [5.41, 5.74) is 2.35. The van der Waals surface area contributed by atoms with Crippen LogP contribution in [-0.4, -0.2) is 24.1 Å². The van der Waals surface area contributed by atoms with Crippen molar-refractivity contribution in [3.05, 3.63) is 65.4 Å². The highest BCUT2D eigenvalue weighted by Crippen LogP contribution is 2.26. The number of nitrogens with zero attached hydrogens (tertiary/aromatic N) is 2. The lowest BCUT2D eigenvalue weighted by molar-refractivity contribution is 0.305. The molecule has 0 amide bonds. The van der Waals surface area contributed by atoms with Crippen LogP contribution in [0.4, 0.5) is 0 Å². The topological polar surface area (TPSA) is 83.1 Å². The summed E-state index contributed by atoms with van der Waals surface area (Å²) in [4.78, 5) is 0.180. The first-order valence-electron chi connectivity index (χ1n) is 7.94. The second-order valence-corrected chi connectivity index (χ2v) is 7.59. The molecule has 5 nitrogen and oxygen atoms in total. The highest BCUT2D eigenvalue weighted by molar-refractivity contribution is 7.90. The largest absolute Gasteiger partial charge is 0.395 e. The molecule has 0 saturated carbocycles. The van der Waals surface area contributed by atoms with E-state index < -0.39 is 10.0 Å². The third-order valence-corrected chi connectivity index (χ3v) is 5.63. The molecule has 0 aliphatic carbocycles. The van der Waals surface area contributed by atoms with Gasteiger partial charge in [-0.2, -0.15) is 5.26 Å². The van der Waals surface area contributed by atoms with E-state index in [9.17, 15) is 8.42 Å². The van der Waals surface area contributed by atoms with Crippen molar-refractivity contribution in [2.75, 3.05) is 6.61 Å². The highest BCUT2D eigenvalue weighted by Gasteiger charge is 2.21. The first-order chi connectivity index (χ1) is 12.5. The van der Waals surface area contributed by atoms with Gasteiger partial charge in [-0.1, -0.05) is 29.5 Å². The summed E-state index contributed by atoms with van der Waals surface area (Å²) < 4.78 is 27.3. The van der Waals surface area contributed by atoms with Gasteiger partial charge in [-0.3, -0.25) is 0 Å². The van der Waals surface area contributed by atoms with Gasteiger partial charge in [0.15, 0.2) is 0 Å². The fourth-order valence-electron chi connectivity index (χ4n) is 2.61. The van der Waals surface area contributed by atoms with Crippen LogP contribution in [0.3, 0.4) is 0 Å². The Balaban J connectivity index is 2.25. The number of hydrogen-bond donors (Lipinski definition) is 1. The van der Waals surface area contributed by atoms with E-state index in [1.807, 2.05) is 6.92 Å². The van der Waals surface area contributed by atoms with Gasteiger partial charge >= 0.3 is 0 Å². The van der Waals surface area contributed by atoms with Crippen LogP contribution in [0.15, 0.2) is 53.6 Å². The van der Waals surface area contributed by atoms with Gasteiger partial charge < -0.3 is 5.11 Å². The van der Waals surface area contributed by atoms with E-state index in [1.54, 1.807) is 42.5 Å². The monoisotopic (exact) mass is 364 g/mol. The normalized spacial score (nSPS) is 11.0. The third kappa shape index (κ3) is 3.21. The van der Waals surface area contributed by atoms with Gasteiger partial charge in [0.1, 0.15) is 0 Å². The van der Waals surface area contributed by atoms with Gasteiger partial charge in [0.05, 0.1) is 34.2 Å². The van der Waals surface area contributed by atoms with Crippen molar-refractivity contribution in [3.8, 4) is 17.9 Å². The Bertz CT molecular complexity index is 1170. The average molecular weight is 364 g/mol. The first kappa shape index (κ1) is 17.8. The number of nitriles is 1. The summed E-state index contributed by atoms with van der Waals surface area (Å²) in [6.07, 6.45) is 1.75. The van der Waals surface area contributed by atoms with Gasteiger partial charge in [-0.05, 0) is 37.3 Å². The number of fused-ring (bicyclic) bond motifs is 1. The van der Waals surface area contributed by atoms with E-state index in [0.29, 0.717) is 22.0 Å². The van der Waals surface area contributed by atoms with Gasteiger partial charge in [0, 0.05) is 18.0 Å². The maximum atomic E-state index is 13.1. The van der Waals surface area contributed by atoms with Crippen LogP contribution in [0, 0.1) is 30.1 Å². The number of aromatic nitrogens is 1. The van der Waals surface area contributed by atoms with E-state index in [0.717, 1.165) is 5.56 Å². The molecule has 26 heavy (non-hydrogen) atoms. The maximum absolute atomic E-state index is 13.1. The molecule has 0 aliphatic heterocycles. The molecule has 0 radical (unpaired) electrons. The molecule has 0 bridgehead atoms. The van der Waals surface area contributed by atoms with Gasteiger partial charge in [-0.15, -0.1) is 0 Å². The summed E-state index contributed by atoms with van der Waals surface area (Å²) in [5.74, 6) is 5.69. The van der Waals surface area contributed by atoms with E-state index >= 15 is 0 Å². The van der Waals surface area contributed by atoms with Crippen molar-refractivity contribution in [1.82, 2.24) is 3.97 Å². The highest BCUT2D eigenvalue weighted by atomic mass is 32.2. The molecule has 0 saturated heterocycles. The standard InChI is InChI=1S/C20H16N2O3S/c1-15-5-8-18(9-6-15)26(24,25)22-14-17(4-2-3-11-23)19-12-16(13-21)7-10-20(19)22/h5-10,12,14,23H,3,11H2,1H3. The van der Waals surface area contributed by atoms with Crippen LogP contribution in [0.25, 0.3) is 10.9 Å². The van der Waals surface area contributed by atoms with Crippen LogP contribution in [-0.2, 0) is 10.0 Å². The lowest BCUT2D eigenvalue weighted by Crippen LogP contribution is -2.11. The molecule has 0 spiro atoms. The van der Waals surface area contributed by atoms with Gasteiger partial charge in [-0.25, -0.2) is 12.4 Å². The van der Waals surface area contributed by atoms with E-state index in [4.69, 9.17) is 10.4 Å². The summed E-state index contributed by atoms with van der Waals surface area (Å²) >= 11 is 0. The SMILES string of the molecule is Cc1ccc(S(=O)(=O)n2cc(C#CCCO)c3cc(C#N)ccc32)cc1. The lowest BCUT2D eigenvalue weighted by atomic mass is 10.1. The van der Waals surface area contributed by atoms with Crippen LogP contribution in [0.5, 0.6) is 0 Å². The van der Waals surface area contributed by atoms with Crippen molar-refractivity contribution in [2.24, 2.45) is 0 Å². The molecule has 6 heteroatoms. The Hall–Kier alpha value is -3.06. The molecule has 3 rings (SSSR count). The molecule has 1 aromatic heterocycles. The van der Waals surface area contributed by atoms with Crippen LogP contribution < -0.4 is 0 Å². The van der Waals surface area contributed by atoms with Crippen molar-refractivity contribution in [2.45, 2.75) is 18.2 Å².